The third kappa shape index (κ3) is 5.45. The summed E-state index contributed by atoms with van der Waals surface area (Å²) in [5, 5.41) is 5.51. The van der Waals surface area contributed by atoms with Crippen LogP contribution < -0.4 is 15.4 Å². The smallest absolute Gasteiger partial charge is 0.417 e. The van der Waals surface area contributed by atoms with E-state index in [0.29, 0.717) is 23.8 Å². The third-order valence-corrected chi connectivity index (χ3v) is 2.92. The van der Waals surface area contributed by atoms with Crippen LogP contribution in [0.15, 0.2) is 42.6 Å². The second-order valence-electron chi connectivity index (χ2n) is 4.91. The molecule has 0 atom stereocenters. The van der Waals surface area contributed by atoms with Crippen molar-refractivity contribution in [3.63, 3.8) is 0 Å². The number of carbonyl (C=O) groups is 1. The van der Waals surface area contributed by atoms with Gasteiger partial charge in [0.05, 0.1) is 12.1 Å². The van der Waals surface area contributed by atoms with Crippen LogP contribution in [0.1, 0.15) is 12.5 Å². The average Bonchev–Trinajstić information content (AvgIpc) is 2.51. The molecule has 0 aliphatic rings. The topological polar surface area (TPSA) is 63.2 Å². The Labute approximate surface area is 136 Å². The Morgan fingerprint density at radius 2 is 2.04 bits per heavy atom. The summed E-state index contributed by atoms with van der Waals surface area (Å²) in [5.74, 6) is 0.726. The zero-order valence-electron chi connectivity index (χ0n) is 12.9. The van der Waals surface area contributed by atoms with Gasteiger partial charge in [0.15, 0.2) is 0 Å². The number of anilines is 2. The van der Waals surface area contributed by atoms with Crippen LogP contribution in [0, 0.1) is 0 Å². The van der Waals surface area contributed by atoms with Crippen LogP contribution in [0.4, 0.5) is 24.7 Å². The van der Waals surface area contributed by atoms with Gasteiger partial charge in [-0.05, 0) is 24.3 Å². The van der Waals surface area contributed by atoms with Crippen molar-refractivity contribution in [2.45, 2.75) is 13.1 Å². The summed E-state index contributed by atoms with van der Waals surface area (Å²) in [5.41, 5.74) is -0.170. The fraction of sp³-hybridized carbons (Fsp3) is 0.250. The highest BCUT2D eigenvalue weighted by Gasteiger charge is 2.30. The Kier molecular flexibility index (Phi) is 5.62. The standard InChI is InChI=1S/C16H16F3N3O2/c1-11(23)22-13-3-2-4-14(9-13)24-8-7-20-15-6-5-12(10-21-15)16(17,18)19/h2-6,9-10H,7-8H2,1H3,(H,20,21)(H,22,23). The number of hydrogen-bond donors (Lipinski definition) is 2. The average molecular weight is 339 g/mol. The van der Waals surface area contributed by atoms with Gasteiger partial charge in [-0.25, -0.2) is 4.98 Å². The van der Waals surface area contributed by atoms with Crippen LogP contribution in [-0.2, 0) is 11.0 Å². The predicted octanol–water partition coefficient (Wildman–Crippen LogP) is 3.55. The number of alkyl halides is 3. The molecule has 1 aromatic carbocycles. The van der Waals surface area contributed by atoms with Crippen LogP contribution in [-0.4, -0.2) is 24.0 Å². The predicted molar refractivity (Wildman–Crippen MR) is 84.0 cm³/mol. The minimum absolute atomic E-state index is 0.179. The summed E-state index contributed by atoms with van der Waals surface area (Å²) in [4.78, 5) is 14.7. The van der Waals surface area contributed by atoms with Crippen molar-refractivity contribution in [1.82, 2.24) is 4.98 Å². The van der Waals surface area contributed by atoms with E-state index in [0.717, 1.165) is 12.3 Å². The van der Waals surface area contributed by atoms with Crippen LogP contribution in [0.25, 0.3) is 0 Å². The number of carbonyl (C=O) groups excluding carboxylic acids is 1. The molecule has 1 amide bonds. The zero-order chi connectivity index (χ0) is 17.6. The lowest BCUT2D eigenvalue weighted by atomic mass is 10.3. The van der Waals surface area contributed by atoms with E-state index in [9.17, 15) is 18.0 Å². The molecule has 0 radical (unpaired) electrons. The number of nitrogens with zero attached hydrogens (tertiary/aromatic N) is 1. The Hall–Kier alpha value is -2.77. The first-order valence-corrected chi connectivity index (χ1v) is 7.12. The lowest BCUT2D eigenvalue weighted by Gasteiger charge is -2.10. The van der Waals surface area contributed by atoms with Crippen LogP contribution in [0.5, 0.6) is 5.75 Å². The highest BCUT2D eigenvalue weighted by molar-refractivity contribution is 5.88. The van der Waals surface area contributed by atoms with E-state index in [-0.39, 0.29) is 12.5 Å². The molecule has 8 heteroatoms. The summed E-state index contributed by atoms with van der Waals surface area (Å²) in [7, 11) is 0. The molecule has 0 spiro atoms. The lowest BCUT2D eigenvalue weighted by molar-refractivity contribution is -0.137. The Bertz CT molecular complexity index is 688. The number of ether oxygens (including phenoxy) is 1. The summed E-state index contributed by atoms with van der Waals surface area (Å²) in [6, 6.07) is 9.12. The Morgan fingerprint density at radius 3 is 2.67 bits per heavy atom. The number of nitrogens with one attached hydrogen (secondary N) is 2. The molecular formula is C16H16F3N3O2. The second kappa shape index (κ2) is 7.67. The van der Waals surface area contributed by atoms with Gasteiger partial charge in [-0.1, -0.05) is 6.07 Å². The molecule has 24 heavy (non-hydrogen) atoms. The highest BCUT2D eigenvalue weighted by atomic mass is 19.4. The molecule has 0 unspecified atom stereocenters. The summed E-state index contributed by atoms with van der Waals surface area (Å²) < 4.78 is 42.8. The number of pyridine rings is 1. The van der Waals surface area contributed by atoms with Crippen molar-refractivity contribution in [3.8, 4) is 5.75 Å². The van der Waals surface area contributed by atoms with Crippen molar-refractivity contribution in [3.05, 3.63) is 48.2 Å². The molecule has 5 nitrogen and oxygen atoms in total. The number of rotatable bonds is 6. The zero-order valence-corrected chi connectivity index (χ0v) is 12.9. The van der Waals surface area contributed by atoms with Crippen LogP contribution in [0.3, 0.4) is 0 Å². The van der Waals surface area contributed by atoms with Crippen LogP contribution >= 0.6 is 0 Å². The maximum Gasteiger partial charge on any atom is 0.417 e. The summed E-state index contributed by atoms with van der Waals surface area (Å²) in [6.45, 7) is 2.06. The molecule has 2 aromatic rings. The number of benzene rings is 1. The molecule has 0 saturated heterocycles. The SMILES string of the molecule is CC(=O)Nc1cccc(OCCNc2ccc(C(F)(F)F)cn2)c1. The van der Waals surface area contributed by atoms with Gasteiger partial charge < -0.3 is 15.4 Å². The van der Waals surface area contributed by atoms with Crippen molar-refractivity contribution in [2.24, 2.45) is 0 Å². The highest BCUT2D eigenvalue weighted by Crippen LogP contribution is 2.28. The van der Waals surface area contributed by atoms with Gasteiger partial charge in [-0.15, -0.1) is 0 Å². The minimum atomic E-state index is -4.40. The molecule has 0 aliphatic carbocycles. The van der Waals surface area contributed by atoms with Crippen molar-refractivity contribution >= 4 is 17.4 Å². The van der Waals surface area contributed by atoms with E-state index in [1.54, 1.807) is 24.3 Å². The van der Waals surface area contributed by atoms with Gasteiger partial charge in [0.25, 0.3) is 0 Å². The van der Waals surface area contributed by atoms with Gasteiger partial charge in [-0.2, -0.15) is 13.2 Å². The van der Waals surface area contributed by atoms with E-state index < -0.39 is 11.7 Å². The molecule has 0 aliphatic heterocycles. The largest absolute Gasteiger partial charge is 0.492 e. The minimum Gasteiger partial charge on any atom is -0.492 e. The summed E-state index contributed by atoms with van der Waals surface area (Å²) in [6.07, 6.45) is -3.62. The van der Waals surface area contributed by atoms with E-state index in [2.05, 4.69) is 15.6 Å². The van der Waals surface area contributed by atoms with Crippen molar-refractivity contribution in [2.75, 3.05) is 23.8 Å². The van der Waals surface area contributed by atoms with Gasteiger partial charge in [-0.3, -0.25) is 4.79 Å². The molecular weight excluding hydrogens is 323 g/mol. The van der Waals surface area contributed by atoms with E-state index in [1.165, 1.54) is 13.0 Å². The van der Waals surface area contributed by atoms with Crippen molar-refractivity contribution < 1.29 is 22.7 Å². The maximum atomic E-state index is 12.4. The Morgan fingerprint density at radius 1 is 1.25 bits per heavy atom. The molecule has 128 valence electrons. The fourth-order valence-corrected chi connectivity index (χ4v) is 1.88. The van der Waals surface area contributed by atoms with Gasteiger partial charge >= 0.3 is 6.18 Å². The molecule has 2 rings (SSSR count). The number of aromatic nitrogens is 1. The monoisotopic (exact) mass is 339 g/mol. The Balaban J connectivity index is 1.79. The van der Waals surface area contributed by atoms with Gasteiger partial charge in [0.2, 0.25) is 5.91 Å². The van der Waals surface area contributed by atoms with E-state index in [4.69, 9.17) is 4.74 Å². The van der Waals surface area contributed by atoms with E-state index >= 15 is 0 Å². The molecule has 0 saturated carbocycles. The van der Waals surface area contributed by atoms with Gasteiger partial charge in [0.1, 0.15) is 18.2 Å². The molecule has 1 aromatic heterocycles. The van der Waals surface area contributed by atoms with Crippen molar-refractivity contribution in [1.29, 1.82) is 0 Å². The molecule has 2 N–H and O–H groups in total. The summed E-state index contributed by atoms with van der Waals surface area (Å²) >= 11 is 0. The first-order chi connectivity index (χ1) is 11.3. The fourth-order valence-electron chi connectivity index (χ4n) is 1.88. The van der Waals surface area contributed by atoms with Gasteiger partial charge in [0, 0.05) is 24.9 Å². The first kappa shape index (κ1) is 17.6. The number of halogens is 3. The quantitative estimate of drug-likeness (QED) is 0.790. The third-order valence-electron chi connectivity index (χ3n) is 2.92. The normalized spacial score (nSPS) is 11.0. The first-order valence-electron chi connectivity index (χ1n) is 7.12. The molecule has 0 bridgehead atoms. The van der Waals surface area contributed by atoms with E-state index in [1.807, 2.05) is 0 Å². The second-order valence-corrected chi connectivity index (χ2v) is 4.91. The maximum absolute atomic E-state index is 12.4. The molecule has 1 heterocycles. The van der Waals surface area contributed by atoms with Crippen LogP contribution in [0.2, 0.25) is 0 Å². The number of amides is 1. The number of hydrogen-bond acceptors (Lipinski definition) is 4. The lowest BCUT2D eigenvalue weighted by Crippen LogP contribution is -2.13. The molecule has 0 fully saturated rings.